The normalized spacial score (nSPS) is 11.7. The fourth-order valence-electron chi connectivity index (χ4n) is 3.91. The Bertz CT molecular complexity index is 1230. The van der Waals surface area contributed by atoms with Gasteiger partial charge in [-0.3, -0.25) is 14.7 Å². The highest BCUT2D eigenvalue weighted by molar-refractivity contribution is 7.22. The molecule has 2 aromatic carbocycles. The lowest BCUT2D eigenvalue weighted by Gasteiger charge is -2.30. The summed E-state index contributed by atoms with van der Waals surface area (Å²) in [7, 11) is 0. The quantitative estimate of drug-likeness (QED) is 0.377. The van der Waals surface area contributed by atoms with E-state index in [4.69, 9.17) is 0 Å². The summed E-state index contributed by atoms with van der Waals surface area (Å²) in [5.41, 5.74) is 3.46. The van der Waals surface area contributed by atoms with Crippen LogP contribution in [0.15, 0.2) is 54.7 Å². The molecular weight excluding hydrogens is 418 g/mol. The first-order valence-electron chi connectivity index (χ1n) is 11.0. The molecule has 0 aliphatic heterocycles. The molecule has 0 aliphatic rings. The SMILES string of the molecule is CC(C)N(CCNC(=O)c1ccc2nc(Nc3ccc4ncccc4c3)sc2c1)C(C)C. The molecule has 0 aliphatic carbocycles. The van der Waals surface area contributed by atoms with Crippen molar-refractivity contribution in [1.29, 1.82) is 0 Å². The summed E-state index contributed by atoms with van der Waals surface area (Å²) in [6.07, 6.45) is 1.79. The smallest absolute Gasteiger partial charge is 0.251 e. The summed E-state index contributed by atoms with van der Waals surface area (Å²) >= 11 is 1.54. The average molecular weight is 448 g/mol. The number of thiazole rings is 1. The Hall–Kier alpha value is -3.03. The Kier molecular flexibility index (Phi) is 6.67. The Balaban J connectivity index is 1.43. The fourth-order valence-corrected chi connectivity index (χ4v) is 4.83. The van der Waals surface area contributed by atoms with Crippen LogP contribution in [0.2, 0.25) is 0 Å². The number of nitrogens with zero attached hydrogens (tertiary/aromatic N) is 3. The van der Waals surface area contributed by atoms with Crippen molar-refractivity contribution >= 4 is 49.2 Å². The zero-order valence-corrected chi connectivity index (χ0v) is 19.7. The number of aromatic nitrogens is 2. The molecule has 2 aromatic heterocycles. The van der Waals surface area contributed by atoms with Crippen LogP contribution in [0.25, 0.3) is 21.1 Å². The lowest BCUT2D eigenvalue weighted by molar-refractivity contribution is 0.0939. The van der Waals surface area contributed by atoms with Crippen LogP contribution in [-0.2, 0) is 0 Å². The minimum Gasteiger partial charge on any atom is -0.351 e. The van der Waals surface area contributed by atoms with Gasteiger partial charge in [0.05, 0.1) is 15.7 Å². The van der Waals surface area contributed by atoms with Crippen molar-refractivity contribution in [2.24, 2.45) is 0 Å². The van der Waals surface area contributed by atoms with Gasteiger partial charge in [0.2, 0.25) is 0 Å². The Morgan fingerprint density at radius 2 is 1.81 bits per heavy atom. The molecule has 1 amide bonds. The topological polar surface area (TPSA) is 70.2 Å². The fraction of sp³-hybridized carbons (Fsp3) is 0.320. The third-order valence-corrected chi connectivity index (χ3v) is 6.42. The third-order valence-electron chi connectivity index (χ3n) is 5.49. The molecule has 0 bridgehead atoms. The summed E-state index contributed by atoms with van der Waals surface area (Å²) in [6, 6.07) is 16.6. The van der Waals surface area contributed by atoms with Gasteiger partial charge in [-0.25, -0.2) is 4.98 Å². The summed E-state index contributed by atoms with van der Waals surface area (Å²) in [4.78, 5) is 24.1. The van der Waals surface area contributed by atoms with E-state index in [0.717, 1.165) is 38.5 Å². The standard InChI is InChI=1S/C25H29N5OS/c1-16(2)30(17(3)4)13-12-27-24(31)19-7-9-22-23(15-19)32-25(29-22)28-20-8-10-21-18(14-20)6-5-11-26-21/h5-11,14-17H,12-13H2,1-4H3,(H,27,31)(H,28,29). The number of carbonyl (C=O) groups excluding carboxylic acids is 1. The van der Waals surface area contributed by atoms with Gasteiger partial charge in [0.15, 0.2) is 5.13 Å². The lowest BCUT2D eigenvalue weighted by Crippen LogP contribution is -2.42. The van der Waals surface area contributed by atoms with Crippen molar-refractivity contribution < 1.29 is 4.79 Å². The highest BCUT2D eigenvalue weighted by atomic mass is 32.1. The number of anilines is 2. The summed E-state index contributed by atoms with van der Waals surface area (Å²) < 4.78 is 0.980. The van der Waals surface area contributed by atoms with Crippen LogP contribution in [0.1, 0.15) is 38.1 Å². The van der Waals surface area contributed by atoms with Crippen LogP contribution in [0.3, 0.4) is 0 Å². The molecule has 0 atom stereocenters. The van der Waals surface area contributed by atoms with Crippen LogP contribution in [0.5, 0.6) is 0 Å². The zero-order valence-electron chi connectivity index (χ0n) is 18.9. The van der Waals surface area contributed by atoms with E-state index in [1.807, 2.05) is 42.5 Å². The molecule has 0 radical (unpaired) electrons. The first kappa shape index (κ1) is 22.2. The van der Waals surface area contributed by atoms with E-state index in [1.54, 1.807) is 6.20 Å². The first-order chi connectivity index (χ1) is 15.4. The Labute approximate surface area is 192 Å². The minimum atomic E-state index is -0.0516. The van der Waals surface area contributed by atoms with E-state index in [0.29, 0.717) is 24.2 Å². The van der Waals surface area contributed by atoms with E-state index in [9.17, 15) is 4.79 Å². The number of benzene rings is 2. The van der Waals surface area contributed by atoms with Crippen molar-refractivity contribution in [1.82, 2.24) is 20.2 Å². The minimum absolute atomic E-state index is 0.0516. The molecule has 2 heterocycles. The number of nitrogens with one attached hydrogen (secondary N) is 2. The molecular formula is C25H29N5OS. The molecule has 32 heavy (non-hydrogen) atoms. The second-order valence-corrected chi connectivity index (χ2v) is 9.45. The van der Waals surface area contributed by atoms with E-state index in [2.05, 4.69) is 59.3 Å². The number of pyridine rings is 1. The molecule has 0 saturated carbocycles. The lowest BCUT2D eigenvalue weighted by atomic mass is 10.2. The summed E-state index contributed by atoms with van der Waals surface area (Å²) in [5, 5.41) is 8.30. The van der Waals surface area contributed by atoms with Gasteiger partial charge in [0.1, 0.15) is 0 Å². The van der Waals surface area contributed by atoms with Crippen LogP contribution in [0, 0.1) is 0 Å². The molecule has 0 saturated heterocycles. The van der Waals surface area contributed by atoms with Gasteiger partial charge in [-0.15, -0.1) is 0 Å². The van der Waals surface area contributed by atoms with Crippen molar-refractivity contribution in [3.05, 3.63) is 60.3 Å². The summed E-state index contributed by atoms with van der Waals surface area (Å²) in [5.74, 6) is -0.0516. The van der Waals surface area contributed by atoms with Crippen LogP contribution >= 0.6 is 11.3 Å². The van der Waals surface area contributed by atoms with Crippen molar-refractivity contribution in [3.63, 3.8) is 0 Å². The third kappa shape index (κ3) is 5.06. The molecule has 4 aromatic rings. The first-order valence-corrected chi connectivity index (χ1v) is 11.8. The monoisotopic (exact) mass is 447 g/mol. The molecule has 7 heteroatoms. The van der Waals surface area contributed by atoms with E-state index in [-0.39, 0.29) is 5.91 Å². The van der Waals surface area contributed by atoms with E-state index in [1.165, 1.54) is 11.3 Å². The largest absolute Gasteiger partial charge is 0.351 e. The van der Waals surface area contributed by atoms with Gasteiger partial charge >= 0.3 is 0 Å². The highest BCUT2D eigenvalue weighted by Crippen LogP contribution is 2.30. The van der Waals surface area contributed by atoms with Crippen molar-refractivity contribution in [2.75, 3.05) is 18.4 Å². The Morgan fingerprint density at radius 1 is 1.03 bits per heavy atom. The maximum Gasteiger partial charge on any atom is 0.251 e. The highest BCUT2D eigenvalue weighted by Gasteiger charge is 2.14. The van der Waals surface area contributed by atoms with Gasteiger partial charge in [-0.05, 0) is 70.2 Å². The van der Waals surface area contributed by atoms with Crippen LogP contribution in [0.4, 0.5) is 10.8 Å². The molecule has 0 unspecified atom stereocenters. The molecule has 166 valence electrons. The van der Waals surface area contributed by atoms with E-state index >= 15 is 0 Å². The molecule has 0 spiro atoms. The van der Waals surface area contributed by atoms with Gasteiger partial charge < -0.3 is 10.6 Å². The second kappa shape index (κ2) is 9.63. The van der Waals surface area contributed by atoms with Crippen molar-refractivity contribution in [2.45, 2.75) is 39.8 Å². The second-order valence-electron chi connectivity index (χ2n) is 8.42. The number of amides is 1. The number of carbonyl (C=O) groups is 1. The maximum absolute atomic E-state index is 12.7. The number of fused-ring (bicyclic) bond motifs is 2. The molecule has 4 rings (SSSR count). The number of rotatable bonds is 8. The maximum atomic E-state index is 12.7. The molecule has 2 N–H and O–H groups in total. The zero-order chi connectivity index (χ0) is 22.7. The van der Waals surface area contributed by atoms with Gasteiger partial charge in [-0.2, -0.15) is 0 Å². The summed E-state index contributed by atoms with van der Waals surface area (Å²) in [6.45, 7) is 10.2. The van der Waals surface area contributed by atoms with Gasteiger partial charge in [0, 0.05) is 48.0 Å². The van der Waals surface area contributed by atoms with Crippen LogP contribution in [-0.4, -0.2) is 45.9 Å². The predicted octanol–water partition coefficient (Wildman–Crippen LogP) is 5.44. The number of hydrogen-bond acceptors (Lipinski definition) is 6. The van der Waals surface area contributed by atoms with E-state index < -0.39 is 0 Å². The van der Waals surface area contributed by atoms with Crippen molar-refractivity contribution in [3.8, 4) is 0 Å². The average Bonchev–Trinajstić information content (AvgIpc) is 3.17. The molecule has 0 fully saturated rings. The predicted molar refractivity (Wildman–Crippen MR) is 134 cm³/mol. The Morgan fingerprint density at radius 3 is 2.59 bits per heavy atom. The van der Waals surface area contributed by atoms with Crippen LogP contribution < -0.4 is 10.6 Å². The van der Waals surface area contributed by atoms with Gasteiger partial charge in [-0.1, -0.05) is 17.4 Å². The van der Waals surface area contributed by atoms with Gasteiger partial charge in [0.25, 0.3) is 5.91 Å². The molecule has 6 nitrogen and oxygen atoms in total. The number of hydrogen-bond donors (Lipinski definition) is 2.